The Kier molecular flexibility index (Phi) is 7.18. The van der Waals surface area contributed by atoms with Crippen LogP contribution in [0.3, 0.4) is 0 Å². The van der Waals surface area contributed by atoms with Crippen molar-refractivity contribution in [1.82, 2.24) is 9.72 Å². The first-order chi connectivity index (χ1) is 16.8. The lowest BCUT2D eigenvalue weighted by Crippen LogP contribution is -2.07. The molecule has 2 heterocycles. The van der Waals surface area contributed by atoms with Gasteiger partial charge >= 0.3 is 12.1 Å². The van der Waals surface area contributed by atoms with Crippen LogP contribution in [0.5, 0.6) is 11.5 Å². The van der Waals surface area contributed by atoms with Crippen molar-refractivity contribution in [2.75, 3.05) is 13.2 Å². The van der Waals surface area contributed by atoms with Crippen LogP contribution in [0.15, 0.2) is 47.1 Å². The van der Waals surface area contributed by atoms with E-state index in [9.17, 15) is 18.0 Å². The first-order valence-corrected chi connectivity index (χ1v) is 11.3. The van der Waals surface area contributed by atoms with Crippen LogP contribution in [0, 0.1) is 0 Å². The standard InChI is InChI=1S/C25H25F3N2O5/c1-2-5-17-21(9-8-18-23(17)35-29-24(18)25(26,27)28)34-15-4-14-33-20-7-3-6-19-16(20)10-12-30(19)13-11-22(31)32/h3,6-10,12H,2,4-5,11,13-15H2,1H3,(H,31,32). The van der Waals surface area contributed by atoms with E-state index in [1.54, 1.807) is 0 Å². The molecule has 0 atom stereocenters. The second-order valence-electron chi connectivity index (χ2n) is 8.09. The van der Waals surface area contributed by atoms with E-state index in [1.165, 1.54) is 12.1 Å². The fourth-order valence-corrected chi connectivity index (χ4v) is 4.02. The van der Waals surface area contributed by atoms with E-state index in [-0.39, 0.29) is 17.4 Å². The first-order valence-electron chi connectivity index (χ1n) is 11.3. The second kappa shape index (κ2) is 10.3. The maximum atomic E-state index is 13.2. The summed E-state index contributed by atoms with van der Waals surface area (Å²) in [6, 6.07) is 10.4. The summed E-state index contributed by atoms with van der Waals surface area (Å²) in [4.78, 5) is 10.9. The van der Waals surface area contributed by atoms with E-state index < -0.39 is 17.8 Å². The van der Waals surface area contributed by atoms with Crippen molar-refractivity contribution >= 4 is 27.8 Å². The average molecular weight is 490 g/mol. The lowest BCUT2D eigenvalue weighted by Gasteiger charge is -2.12. The molecule has 0 bridgehead atoms. The zero-order chi connectivity index (χ0) is 25.0. The number of halogens is 3. The molecule has 0 fully saturated rings. The number of carboxylic acids is 1. The van der Waals surface area contributed by atoms with Crippen LogP contribution >= 0.6 is 0 Å². The first kappa shape index (κ1) is 24.4. The number of aliphatic carboxylic acids is 1. The number of fused-ring (bicyclic) bond motifs is 2. The topological polar surface area (TPSA) is 86.7 Å². The van der Waals surface area contributed by atoms with E-state index in [1.807, 2.05) is 42.0 Å². The number of aryl methyl sites for hydroxylation is 2. The van der Waals surface area contributed by atoms with Gasteiger partial charge in [0.2, 0.25) is 0 Å². The molecule has 4 rings (SSSR count). The summed E-state index contributed by atoms with van der Waals surface area (Å²) >= 11 is 0. The number of benzene rings is 2. The molecular formula is C25H25F3N2O5. The predicted molar refractivity (Wildman–Crippen MR) is 123 cm³/mol. The number of rotatable bonds is 11. The number of hydrogen-bond acceptors (Lipinski definition) is 5. The molecule has 4 aromatic rings. The summed E-state index contributed by atoms with van der Waals surface area (Å²) in [5, 5.41) is 13.0. The normalized spacial score (nSPS) is 11.9. The smallest absolute Gasteiger partial charge is 0.437 e. The molecule has 35 heavy (non-hydrogen) atoms. The molecule has 10 heteroatoms. The van der Waals surface area contributed by atoms with Crippen molar-refractivity contribution in [3.63, 3.8) is 0 Å². The number of carboxylic acid groups (broad SMARTS) is 1. The molecule has 0 unspecified atom stereocenters. The summed E-state index contributed by atoms with van der Waals surface area (Å²) < 4.78 is 58.2. The Labute approximate surface area is 199 Å². The second-order valence-corrected chi connectivity index (χ2v) is 8.09. The molecule has 0 amide bonds. The largest absolute Gasteiger partial charge is 0.493 e. The van der Waals surface area contributed by atoms with Crippen LogP contribution in [0.4, 0.5) is 13.2 Å². The van der Waals surface area contributed by atoms with Crippen LogP contribution in [-0.2, 0) is 23.9 Å². The van der Waals surface area contributed by atoms with Gasteiger partial charge in [0.05, 0.1) is 30.5 Å². The van der Waals surface area contributed by atoms with E-state index in [4.69, 9.17) is 19.1 Å². The molecule has 186 valence electrons. The number of aromatic nitrogens is 2. The van der Waals surface area contributed by atoms with Gasteiger partial charge in [-0.3, -0.25) is 4.79 Å². The van der Waals surface area contributed by atoms with Crippen LogP contribution in [-0.4, -0.2) is 34.0 Å². The monoisotopic (exact) mass is 490 g/mol. The zero-order valence-electron chi connectivity index (χ0n) is 19.1. The lowest BCUT2D eigenvalue weighted by molar-refractivity contribution is -0.141. The highest BCUT2D eigenvalue weighted by molar-refractivity contribution is 5.87. The number of ether oxygens (including phenoxy) is 2. The summed E-state index contributed by atoms with van der Waals surface area (Å²) in [5.74, 6) is 0.303. The molecular weight excluding hydrogens is 465 g/mol. The highest BCUT2D eigenvalue weighted by Gasteiger charge is 2.37. The van der Waals surface area contributed by atoms with Gasteiger partial charge in [0.1, 0.15) is 11.5 Å². The third-order valence-electron chi connectivity index (χ3n) is 5.61. The van der Waals surface area contributed by atoms with Crippen molar-refractivity contribution in [1.29, 1.82) is 0 Å². The van der Waals surface area contributed by atoms with E-state index in [0.29, 0.717) is 56.1 Å². The third kappa shape index (κ3) is 5.36. The highest BCUT2D eigenvalue weighted by atomic mass is 19.4. The summed E-state index contributed by atoms with van der Waals surface area (Å²) in [6.07, 6.45) is -0.974. The molecule has 2 aromatic heterocycles. The molecule has 0 spiro atoms. The van der Waals surface area contributed by atoms with Crippen LogP contribution in [0.25, 0.3) is 21.9 Å². The maximum absolute atomic E-state index is 13.2. The Bertz CT molecular complexity index is 1330. The molecule has 2 aromatic carbocycles. The summed E-state index contributed by atoms with van der Waals surface area (Å²) in [6.45, 7) is 2.96. The van der Waals surface area contributed by atoms with Crippen LogP contribution in [0.1, 0.15) is 37.4 Å². The van der Waals surface area contributed by atoms with E-state index >= 15 is 0 Å². The number of carbonyl (C=O) groups is 1. The van der Waals surface area contributed by atoms with Crippen molar-refractivity contribution in [3.8, 4) is 11.5 Å². The van der Waals surface area contributed by atoms with Gasteiger partial charge in [-0.2, -0.15) is 13.2 Å². The molecule has 0 saturated carbocycles. The number of nitrogens with zero attached hydrogens (tertiary/aromatic N) is 2. The lowest BCUT2D eigenvalue weighted by atomic mass is 10.0. The van der Waals surface area contributed by atoms with Gasteiger partial charge in [-0.15, -0.1) is 0 Å². The van der Waals surface area contributed by atoms with Gasteiger partial charge in [-0.05, 0) is 36.8 Å². The average Bonchev–Trinajstić information content (AvgIpc) is 3.43. The molecule has 1 N–H and O–H groups in total. The van der Waals surface area contributed by atoms with Crippen LogP contribution < -0.4 is 9.47 Å². The quantitative estimate of drug-likeness (QED) is 0.257. The molecule has 0 aliphatic heterocycles. The molecule has 0 saturated heterocycles. The van der Waals surface area contributed by atoms with Crippen LogP contribution in [0.2, 0.25) is 0 Å². The van der Waals surface area contributed by atoms with Gasteiger partial charge in [-0.25, -0.2) is 0 Å². The fourth-order valence-electron chi connectivity index (χ4n) is 4.02. The van der Waals surface area contributed by atoms with Gasteiger partial charge in [0.15, 0.2) is 11.3 Å². The minimum Gasteiger partial charge on any atom is -0.493 e. The highest BCUT2D eigenvalue weighted by Crippen LogP contribution is 2.38. The minimum atomic E-state index is -4.59. The molecule has 0 aliphatic carbocycles. The van der Waals surface area contributed by atoms with Gasteiger partial charge in [0.25, 0.3) is 0 Å². The number of alkyl halides is 3. The Morgan fingerprint density at radius 2 is 1.86 bits per heavy atom. The zero-order valence-corrected chi connectivity index (χ0v) is 19.1. The van der Waals surface area contributed by atoms with Gasteiger partial charge in [-0.1, -0.05) is 24.6 Å². The Morgan fingerprint density at radius 1 is 1.09 bits per heavy atom. The molecule has 7 nitrogen and oxygen atoms in total. The van der Waals surface area contributed by atoms with Crippen molar-refractivity contribution in [2.24, 2.45) is 0 Å². The van der Waals surface area contributed by atoms with Gasteiger partial charge in [0, 0.05) is 30.1 Å². The minimum absolute atomic E-state index is 0.0313. The SMILES string of the molecule is CCCc1c(OCCCOc2cccc3c2ccn3CCC(=O)O)ccc2c(C(F)(F)F)noc12. The maximum Gasteiger partial charge on any atom is 0.437 e. The van der Waals surface area contributed by atoms with Gasteiger partial charge < -0.3 is 23.7 Å². The third-order valence-corrected chi connectivity index (χ3v) is 5.61. The van der Waals surface area contributed by atoms with Crippen molar-refractivity contribution in [3.05, 3.63) is 53.9 Å². The Balaban J connectivity index is 1.39. The molecule has 0 radical (unpaired) electrons. The molecule has 0 aliphatic rings. The number of hydrogen-bond donors (Lipinski definition) is 1. The summed E-state index contributed by atoms with van der Waals surface area (Å²) in [7, 11) is 0. The van der Waals surface area contributed by atoms with E-state index in [2.05, 4.69) is 5.16 Å². The predicted octanol–water partition coefficient (Wildman–Crippen LogP) is 6.08. The van der Waals surface area contributed by atoms with Crippen molar-refractivity contribution < 1.29 is 37.1 Å². The Hall–Kier alpha value is -3.69. The summed E-state index contributed by atoms with van der Waals surface area (Å²) in [5.41, 5.74) is 0.534. The van der Waals surface area contributed by atoms with E-state index in [0.717, 1.165) is 10.9 Å². The van der Waals surface area contributed by atoms with Crippen molar-refractivity contribution in [2.45, 2.75) is 45.3 Å². The Morgan fingerprint density at radius 3 is 2.57 bits per heavy atom. The fraction of sp³-hybridized carbons (Fsp3) is 0.360.